The summed E-state index contributed by atoms with van der Waals surface area (Å²) < 4.78 is 1.98. The van der Waals surface area contributed by atoms with Gasteiger partial charge in [-0.25, -0.2) is 9.98 Å². The molecule has 2 aliphatic rings. The number of carbonyl (C=O) groups is 1. The van der Waals surface area contributed by atoms with E-state index in [4.69, 9.17) is 4.99 Å². The summed E-state index contributed by atoms with van der Waals surface area (Å²) in [6.07, 6.45) is 3.66. The number of nitrogens with zero attached hydrogens (tertiary/aromatic N) is 4. The maximum atomic E-state index is 13.4. The Morgan fingerprint density at radius 3 is 2.83 bits per heavy atom. The van der Waals surface area contributed by atoms with Crippen LogP contribution in [-0.4, -0.2) is 41.3 Å². The minimum Gasteiger partial charge on any atom is -0.293 e. The van der Waals surface area contributed by atoms with Crippen molar-refractivity contribution in [3.63, 3.8) is 0 Å². The molecule has 0 unspecified atom stereocenters. The lowest BCUT2D eigenvalue weighted by Crippen LogP contribution is -2.43. The molecule has 2 aromatic carbocycles. The predicted octanol–water partition coefficient (Wildman–Crippen LogP) is 5.28. The number of benzene rings is 2. The fourth-order valence-electron chi connectivity index (χ4n) is 4.02. The highest BCUT2D eigenvalue weighted by Crippen LogP contribution is 2.37. The van der Waals surface area contributed by atoms with Gasteiger partial charge >= 0.3 is 0 Å². The Balaban J connectivity index is 1.55. The van der Waals surface area contributed by atoms with Crippen molar-refractivity contribution in [3.8, 4) is 0 Å². The summed E-state index contributed by atoms with van der Waals surface area (Å²) in [7, 11) is 0. The Morgan fingerprint density at radius 2 is 2.00 bits per heavy atom. The van der Waals surface area contributed by atoms with E-state index in [-0.39, 0.29) is 5.91 Å². The molecule has 2 aliphatic heterocycles. The van der Waals surface area contributed by atoms with Crippen molar-refractivity contribution in [3.05, 3.63) is 52.0 Å². The highest BCUT2D eigenvalue weighted by Gasteiger charge is 2.36. The van der Waals surface area contributed by atoms with E-state index < -0.39 is 0 Å². The number of thiazole rings is 1. The second kappa shape index (κ2) is 7.63. The molecule has 7 heteroatoms. The van der Waals surface area contributed by atoms with E-state index in [1.807, 2.05) is 35.2 Å². The standard InChI is InChI=1S/C22H21BrN4OS/c1-14-8-9-16-18(12-14)29-22(24-16)25-20-19-15(23)6-5-7-17(19)27(21(20)28)13-26-10-3-2-4-11-26/h5-9,12H,2-4,10-11,13H2,1H3. The molecular formula is C22H21BrN4OS. The summed E-state index contributed by atoms with van der Waals surface area (Å²) >= 11 is 5.16. The maximum absolute atomic E-state index is 13.4. The Hall–Kier alpha value is -2.09. The Morgan fingerprint density at radius 1 is 1.17 bits per heavy atom. The van der Waals surface area contributed by atoms with Crippen LogP contribution in [0.15, 0.2) is 45.9 Å². The number of rotatable bonds is 3. The molecule has 0 N–H and O–H groups in total. The SMILES string of the molecule is Cc1ccc2nc(N=C3C(=O)N(CN4CCCCC4)c4cccc(Br)c43)sc2c1. The lowest BCUT2D eigenvalue weighted by molar-refractivity contribution is -0.112. The summed E-state index contributed by atoms with van der Waals surface area (Å²) in [6, 6.07) is 12.1. The first kappa shape index (κ1) is 18.9. The average Bonchev–Trinajstić information content (AvgIpc) is 3.23. The van der Waals surface area contributed by atoms with Gasteiger partial charge in [-0.2, -0.15) is 0 Å². The van der Waals surface area contributed by atoms with E-state index in [0.717, 1.165) is 39.0 Å². The van der Waals surface area contributed by atoms with Crippen molar-refractivity contribution < 1.29 is 4.79 Å². The van der Waals surface area contributed by atoms with Crippen LogP contribution in [0.1, 0.15) is 30.4 Å². The molecule has 1 amide bonds. The number of hydrogen-bond donors (Lipinski definition) is 0. The molecule has 0 atom stereocenters. The third-order valence-corrected chi connectivity index (χ3v) is 7.07. The summed E-state index contributed by atoms with van der Waals surface area (Å²) in [5.74, 6) is -0.0482. The van der Waals surface area contributed by atoms with E-state index in [1.54, 1.807) is 0 Å². The third kappa shape index (κ3) is 3.52. The number of likely N-dealkylation sites (tertiary alicyclic amines) is 1. The zero-order valence-electron chi connectivity index (χ0n) is 16.2. The van der Waals surface area contributed by atoms with Crippen LogP contribution in [0.2, 0.25) is 0 Å². The second-order valence-electron chi connectivity index (χ2n) is 7.62. The molecule has 3 aromatic rings. The molecule has 0 bridgehead atoms. The topological polar surface area (TPSA) is 48.8 Å². The first-order valence-corrected chi connectivity index (χ1v) is 11.5. The van der Waals surface area contributed by atoms with E-state index in [0.29, 0.717) is 17.5 Å². The van der Waals surface area contributed by atoms with Gasteiger partial charge in [-0.05, 0) is 62.7 Å². The molecule has 148 valence electrons. The van der Waals surface area contributed by atoms with Crippen molar-refractivity contribution in [2.24, 2.45) is 4.99 Å². The van der Waals surface area contributed by atoms with Gasteiger partial charge in [0.05, 0.1) is 22.6 Å². The van der Waals surface area contributed by atoms with Gasteiger partial charge in [0, 0.05) is 10.0 Å². The van der Waals surface area contributed by atoms with Crippen molar-refractivity contribution in [2.45, 2.75) is 26.2 Å². The highest BCUT2D eigenvalue weighted by molar-refractivity contribution is 9.10. The van der Waals surface area contributed by atoms with Crippen LogP contribution in [-0.2, 0) is 4.79 Å². The number of carbonyl (C=O) groups excluding carboxylic acids is 1. The Kier molecular flexibility index (Phi) is 4.97. The number of fused-ring (bicyclic) bond motifs is 2. The molecule has 29 heavy (non-hydrogen) atoms. The van der Waals surface area contributed by atoms with E-state index in [1.165, 1.54) is 36.2 Å². The summed E-state index contributed by atoms with van der Waals surface area (Å²) in [5, 5.41) is 0.621. The number of aromatic nitrogens is 1. The van der Waals surface area contributed by atoms with Gasteiger partial charge in [0.2, 0.25) is 5.13 Å². The van der Waals surface area contributed by atoms with Gasteiger partial charge in [-0.15, -0.1) is 0 Å². The number of aliphatic imine (C=N–C) groups is 1. The van der Waals surface area contributed by atoms with Crippen LogP contribution in [0.4, 0.5) is 10.8 Å². The Bertz CT molecular complexity index is 1130. The van der Waals surface area contributed by atoms with Gasteiger partial charge in [0.15, 0.2) is 0 Å². The van der Waals surface area contributed by atoms with E-state index >= 15 is 0 Å². The normalized spacial score (nSPS) is 18.8. The molecule has 0 saturated carbocycles. The zero-order valence-corrected chi connectivity index (χ0v) is 18.6. The van der Waals surface area contributed by atoms with Crippen LogP contribution in [0.5, 0.6) is 0 Å². The lowest BCUT2D eigenvalue weighted by atomic mass is 10.1. The van der Waals surface area contributed by atoms with Crippen LogP contribution in [0, 0.1) is 6.92 Å². The summed E-state index contributed by atoms with van der Waals surface area (Å²) in [6.45, 7) is 4.75. The van der Waals surface area contributed by atoms with E-state index in [9.17, 15) is 4.79 Å². The quantitative estimate of drug-likeness (QED) is 0.525. The van der Waals surface area contributed by atoms with Gasteiger partial charge in [0.1, 0.15) is 5.71 Å². The molecule has 0 radical (unpaired) electrons. The largest absolute Gasteiger partial charge is 0.293 e. The second-order valence-corrected chi connectivity index (χ2v) is 9.48. The van der Waals surface area contributed by atoms with Crippen molar-refractivity contribution in [1.82, 2.24) is 9.88 Å². The van der Waals surface area contributed by atoms with Crippen molar-refractivity contribution in [2.75, 3.05) is 24.7 Å². The minimum absolute atomic E-state index is 0.0482. The predicted molar refractivity (Wildman–Crippen MR) is 122 cm³/mol. The molecule has 1 fully saturated rings. The zero-order chi connectivity index (χ0) is 20.0. The van der Waals surface area contributed by atoms with Crippen LogP contribution in [0.25, 0.3) is 10.2 Å². The molecule has 5 nitrogen and oxygen atoms in total. The maximum Gasteiger partial charge on any atom is 0.278 e. The van der Waals surface area contributed by atoms with Crippen molar-refractivity contribution in [1.29, 1.82) is 0 Å². The van der Waals surface area contributed by atoms with Crippen LogP contribution >= 0.6 is 27.3 Å². The fraction of sp³-hybridized carbons (Fsp3) is 0.318. The molecular weight excluding hydrogens is 448 g/mol. The molecule has 3 heterocycles. The minimum atomic E-state index is -0.0482. The number of hydrogen-bond acceptors (Lipinski definition) is 5. The van der Waals surface area contributed by atoms with Crippen LogP contribution in [0.3, 0.4) is 0 Å². The third-order valence-electron chi connectivity index (χ3n) is 5.50. The molecule has 1 aromatic heterocycles. The first-order valence-electron chi connectivity index (χ1n) is 9.89. The summed E-state index contributed by atoms with van der Waals surface area (Å²) in [5.41, 5.74) is 4.37. The average molecular weight is 469 g/mol. The Labute approximate surface area is 182 Å². The van der Waals surface area contributed by atoms with Gasteiger partial charge in [0.25, 0.3) is 5.91 Å². The first-order chi connectivity index (χ1) is 14.1. The monoisotopic (exact) mass is 468 g/mol. The van der Waals surface area contributed by atoms with Gasteiger partial charge in [-0.3, -0.25) is 14.6 Å². The fourth-order valence-corrected chi connectivity index (χ4v) is 5.51. The molecule has 1 saturated heterocycles. The summed E-state index contributed by atoms with van der Waals surface area (Å²) in [4.78, 5) is 27.0. The lowest BCUT2D eigenvalue weighted by Gasteiger charge is -2.30. The number of halogens is 1. The van der Waals surface area contributed by atoms with Crippen LogP contribution < -0.4 is 4.90 Å². The molecule has 0 spiro atoms. The smallest absolute Gasteiger partial charge is 0.278 e. The molecule has 0 aliphatic carbocycles. The number of anilines is 1. The molecule has 5 rings (SSSR count). The van der Waals surface area contributed by atoms with E-state index in [2.05, 4.69) is 38.8 Å². The van der Waals surface area contributed by atoms with Gasteiger partial charge in [-0.1, -0.05) is 45.8 Å². The number of piperidine rings is 1. The number of aryl methyl sites for hydroxylation is 1. The number of amides is 1. The van der Waals surface area contributed by atoms with Crippen molar-refractivity contribution >= 4 is 59.9 Å². The van der Waals surface area contributed by atoms with Gasteiger partial charge < -0.3 is 0 Å². The highest BCUT2D eigenvalue weighted by atomic mass is 79.9.